The van der Waals surface area contributed by atoms with Crippen LogP contribution in [0.1, 0.15) is 18.1 Å². The van der Waals surface area contributed by atoms with Crippen LogP contribution in [0.3, 0.4) is 0 Å². The molecule has 0 radical (unpaired) electrons. The number of hydrogen-bond donors (Lipinski definition) is 1. The van der Waals surface area contributed by atoms with E-state index in [4.69, 9.17) is 26.4 Å². The highest BCUT2D eigenvalue weighted by Crippen LogP contribution is 2.23. The molecule has 0 atom stereocenters. The van der Waals surface area contributed by atoms with E-state index in [9.17, 15) is 0 Å². The summed E-state index contributed by atoms with van der Waals surface area (Å²) in [5.74, 6) is 2.47. The van der Waals surface area contributed by atoms with Gasteiger partial charge in [-0.15, -0.1) is 0 Å². The molecule has 3 aromatic rings. The lowest BCUT2D eigenvalue weighted by atomic mass is 10.1. The van der Waals surface area contributed by atoms with Crippen molar-refractivity contribution in [3.05, 3.63) is 83.9 Å². The third-order valence-electron chi connectivity index (χ3n) is 4.77. The van der Waals surface area contributed by atoms with Gasteiger partial charge in [-0.25, -0.2) is 0 Å². The molecule has 31 heavy (non-hydrogen) atoms. The van der Waals surface area contributed by atoms with Crippen molar-refractivity contribution in [1.29, 1.82) is 0 Å². The van der Waals surface area contributed by atoms with Gasteiger partial charge in [0.05, 0.1) is 20.8 Å². The lowest BCUT2D eigenvalue weighted by Gasteiger charge is -2.27. The third-order valence-corrected chi connectivity index (χ3v) is 5.13. The molecule has 5 nitrogen and oxygen atoms in total. The lowest BCUT2D eigenvalue weighted by molar-refractivity contribution is 0.327. The molecule has 1 N–H and O–H groups in total. The summed E-state index contributed by atoms with van der Waals surface area (Å²) < 4.78 is 16.4. The maximum atomic E-state index is 5.82. The summed E-state index contributed by atoms with van der Waals surface area (Å²) in [7, 11) is 3.32. The molecular formula is C25H28N2O3S. The fraction of sp³-hybridized carbons (Fsp3) is 0.240. The minimum absolute atomic E-state index is 0.609. The summed E-state index contributed by atoms with van der Waals surface area (Å²) in [6.45, 7) is 3.85. The Labute approximate surface area is 189 Å². The minimum atomic E-state index is 0.609. The Morgan fingerprint density at radius 2 is 1.61 bits per heavy atom. The summed E-state index contributed by atoms with van der Waals surface area (Å²) in [5.41, 5.74) is 3.08. The predicted molar refractivity (Wildman–Crippen MR) is 129 cm³/mol. The molecule has 0 aliphatic rings. The van der Waals surface area contributed by atoms with Gasteiger partial charge in [-0.05, 0) is 55.0 Å². The van der Waals surface area contributed by atoms with Crippen LogP contribution in [0.15, 0.2) is 72.8 Å². The highest BCUT2D eigenvalue weighted by molar-refractivity contribution is 7.80. The molecule has 0 aliphatic carbocycles. The maximum Gasteiger partial charge on any atom is 0.174 e. The van der Waals surface area contributed by atoms with E-state index in [0.717, 1.165) is 34.1 Å². The van der Waals surface area contributed by atoms with E-state index < -0.39 is 0 Å². The van der Waals surface area contributed by atoms with E-state index in [0.29, 0.717) is 24.8 Å². The van der Waals surface area contributed by atoms with Gasteiger partial charge in [-0.1, -0.05) is 36.4 Å². The number of benzene rings is 3. The number of ether oxygens (including phenoxy) is 3. The van der Waals surface area contributed by atoms with Crippen molar-refractivity contribution in [2.45, 2.75) is 20.0 Å². The van der Waals surface area contributed by atoms with E-state index >= 15 is 0 Å². The van der Waals surface area contributed by atoms with Gasteiger partial charge in [0.2, 0.25) is 0 Å². The molecule has 0 fully saturated rings. The van der Waals surface area contributed by atoms with Crippen molar-refractivity contribution < 1.29 is 14.2 Å². The number of rotatable bonds is 9. The van der Waals surface area contributed by atoms with Gasteiger partial charge in [0.1, 0.15) is 17.2 Å². The monoisotopic (exact) mass is 436 g/mol. The Morgan fingerprint density at radius 1 is 0.871 bits per heavy atom. The zero-order valence-corrected chi connectivity index (χ0v) is 18.9. The van der Waals surface area contributed by atoms with Crippen molar-refractivity contribution in [3.8, 4) is 17.2 Å². The predicted octanol–water partition coefficient (Wildman–Crippen LogP) is 5.50. The SMILES string of the molecule is CCOc1ccccc1CN(Cc1ccc(OC)cc1)C(=S)Nc1cccc(OC)c1. The molecule has 0 spiro atoms. The molecule has 0 bridgehead atoms. The lowest BCUT2D eigenvalue weighted by Crippen LogP contribution is -2.34. The van der Waals surface area contributed by atoms with Gasteiger partial charge in [0.25, 0.3) is 0 Å². The van der Waals surface area contributed by atoms with Crippen molar-refractivity contribution in [2.75, 3.05) is 26.1 Å². The van der Waals surface area contributed by atoms with Gasteiger partial charge in [0.15, 0.2) is 5.11 Å². The van der Waals surface area contributed by atoms with Crippen molar-refractivity contribution in [1.82, 2.24) is 4.90 Å². The molecule has 0 heterocycles. The molecule has 3 rings (SSSR count). The average molecular weight is 437 g/mol. The van der Waals surface area contributed by atoms with E-state index in [1.54, 1.807) is 14.2 Å². The fourth-order valence-corrected chi connectivity index (χ4v) is 3.44. The minimum Gasteiger partial charge on any atom is -0.497 e. The summed E-state index contributed by atoms with van der Waals surface area (Å²) in [6.07, 6.45) is 0. The first-order chi connectivity index (χ1) is 15.1. The molecule has 162 valence electrons. The van der Waals surface area contributed by atoms with Gasteiger partial charge in [0, 0.05) is 30.4 Å². The summed E-state index contributed by atoms with van der Waals surface area (Å²) in [4.78, 5) is 2.12. The summed E-state index contributed by atoms with van der Waals surface area (Å²) in [6, 6.07) is 23.8. The largest absolute Gasteiger partial charge is 0.497 e. The Bertz CT molecular complexity index is 992. The highest BCUT2D eigenvalue weighted by atomic mass is 32.1. The summed E-state index contributed by atoms with van der Waals surface area (Å²) >= 11 is 5.80. The van der Waals surface area contributed by atoms with Gasteiger partial charge in [-0.2, -0.15) is 0 Å². The highest BCUT2D eigenvalue weighted by Gasteiger charge is 2.15. The van der Waals surface area contributed by atoms with Gasteiger partial charge in [-0.3, -0.25) is 0 Å². The molecule has 0 aliphatic heterocycles. The van der Waals surface area contributed by atoms with Crippen molar-refractivity contribution >= 4 is 23.0 Å². The average Bonchev–Trinajstić information content (AvgIpc) is 2.80. The Kier molecular flexibility index (Phi) is 8.12. The molecule has 0 unspecified atom stereocenters. The number of methoxy groups -OCH3 is 2. The first-order valence-corrected chi connectivity index (χ1v) is 10.6. The molecule has 0 amide bonds. The van der Waals surface area contributed by atoms with Crippen LogP contribution in [0.5, 0.6) is 17.2 Å². The maximum absolute atomic E-state index is 5.82. The zero-order chi connectivity index (χ0) is 22.1. The second-order valence-electron chi connectivity index (χ2n) is 6.91. The standard InChI is InChI=1S/C25H28N2O3S/c1-4-30-24-11-6-5-8-20(24)18-27(17-19-12-14-22(28-2)15-13-19)25(31)26-21-9-7-10-23(16-21)29-3/h5-16H,4,17-18H2,1-3H3,(H,26,31). The van der Waals surface area contributed by atoms with Gasteiger partial charge < -0.3 is 24.4 Å². The number of hydrogen-bond acceptors (Lipinski definition) is 4. The number of para-hydroxylation sites is 1. The van der Waals surface area contributed by atoms with E-state index in [1.165, 1.54) is 0 Å². The smallest absolute Gasteiger partial charge is 0.174 e. The Hall–Kier alpha value is -3.25. The van der Waals surface area contributed by atoms with Crippen LogP contribution in [0, 0.1) is 0 Å². The zero-order valence-electron chi connectivity index (χ0n) is 18.1. The van der Waals surface area contributed by atoms with E-state index in [2.05, 4.69) is 28.4 Å². The van der Waals surface area contributed by atoms with Crippen LogP contribution < -0.4 is 19.5 Å². The van der Waals surface area contributed by atoms with E-state index in [1.807, 2.05) is 61.5 Å². The van der Waals surface area contributed by atoms with E-state index in [-0.39, 0.29) is 0 Å². The quantitative estimate of drug-likeness (QED) is 0.447. The van der Waals surface area contributed by atoms with Gasteiger partial charge >= 0.3 is 0 Å². The first kappa shape index (κ1) is 22.4. The molecule has 3 aromatic carbocycles. The van der Waals surface area contributed by atoms with Crippen LogP contribution in [-0.2, 0) is 13.1 Å². The fourth-order valence-electron chi connectivity index (χ4n) is 3.19. The normalized spacial score (nSPS) is 10.3. The molecular weight excluding hydrogens is 408 g/mol. The van der Waals surface area contributed by atoms with Crippen LogP contribution in [-0.4, -0.2) is 30.8 Å². The molecule has 0 saturated heterocycles. The number of nitrogens with zero attached hydrogens (tertiary/aromatic N) is 1. The molecule has 0 aromatic heterocycles. The van der Waals surface area contributed by atoms with Crippen LogP contribution >= 0.6 is 12.2 Å². The summed E-state index contributed by atoms with van der Waals surface area (Å²) in [5, 5.41) is 3.96. The Balaban J connectivity index is 1.84. The van der Waals surface area contributed by atoms with Crippen LogP contribution in [0.2, 0.25) is 0 Å². The number of thiocarbonyl (C=S) groups is 1. The first-order valence-electron chi connectivity index (χ1n) is 10.2. The number of nitrogens with one attached hydrogen (secondary N) is 1. The number of anilines is 1. The third kappa shape index (κ3) is 6.36. The molecule has 6 heteroatoms. The van der Waals surface area contributed by atoms with Crippen LogP contribution in [0.25, 0.3) is 0 Å². The van der Waals surface area contributed by atoms with Crippen molar-refractivity contribution in [3.63, 3.8) is 0 Å². The molecule has 0 saturated carbocycles. The second-order valence-corrected chi connectivity index (χ2v) is 7.29. The topological polar surface area (TPSA) is 43.0 Å². The van der Waals surface area contributed by atoms with Crippen molar-refractivity contribution in [2.24, 2.45) is 0 Å². The van der Waals surface area contributed by atoms with Crippen LogP contribution in [0.4, 0.5) is 5.69 Å². The second kappa shape index (κ2) is 11.2. The Morgan fingerprint density at radius 3 is 2.32 bits per heavy atom.